The van der Waals surface area contributed by atoms with Gasteiger partial charge in [0, 0.05) is 45.5 Å². The lowest BCUT2D eigenvalue weighted by Gasteiger charge is -2.34. The molecule has 0 atom stereocenters. The maximum absolute atomic E-state index is 12.8. The Morgan fingerprint density at radius 1 is 1.06 bits per heavy atom. The van der Waals surface area contributed by atoms with Crippen molar-refractivity contribution in [3.8, 4) is 0 Å². The Morgan fingerprint density at radius 3 is 2.44 bits per heavy atom. The van der Waals surface area contributed by atoms with Crippen molar-refractivity contribution in [3.05, 3.63) is 59.8 Å². The van der Waals surface area contributed by atoms with Gasteiger partial charge in [-0.15, -0.1) is 24.0 Å². The van der Waals surface area contributed by atoms with Crippen molar-refractivity contribution in [2.24, 2.45) is 4.99 Å². The maximum Gasteiger partial charge on any atom is 0.215 e. The fourth-order valence-electron chi connectivity index (χ4n) is 3.46. The number of nitrogens with zero attached hydrogens (tertiary/aromatic N) is 4. The number of halogens is 1. The average Bonchev–Trinajstić information content (AvgIpc) is 2.79. The lowest BCUT2D eigenvalue weighted by molar-refractivity contribution is 0.384. The van der Waals surface area contributed by atoms with Crippen LogP contribution in [0, 0.1) is 6.92 Å². The van der Waals surface area contributed by atoms with Crippen molar-refractivity contribution in [2.75, 3.05) is 49.9 Å². The molecule has 0 unspecified atom stereocenters. The third-order valence-electron chi connectivity index (χ3n) is 5.27. The number of hydrogen-bond donors (Lipinski definition) is 2. The number of piperazine rings is 1. The van der Waals surface area contributed by atoms with Crippen molar-refractivity contribution in [2.45, 2.75) is 20.4 Å². The van der Waals surface area contributed by atoms with E-state index >= 15 is 0 Å². The second-order valence-corrected chi connectivity index (χ2v) is 9.53. The summed E-state index contributed by atoms with van der Waals surface area (Å²) in [6, 6.07) is 13.9. The number of benzene rings is 1. The van der Waals surface area contributed by atoms with Crippen molar-refractivity contribution in [1.82, 2.24) is 19.9 Å². The van der Waals surface area contributed by atoms with Gasteiger partial charge >= 0.3 is 0 Å². The molecule has 3 rings (SSSR count). The second kappa shape index (κ2) is 12.9. The summed E-state index contributed by atoms with van der Waals surface area (Å²) in [5.41, 5.74) is 2.34. The van der Waals surface area contributed by atoms with E-state index in [1.807, 2.05) is 37.3 Å². The van der Waals surface area contributed by atoms with Gasteiger partial charge in [-0.25, -0.2) is 18.4 Å². The first-order chi connectivity index (χ1) is 15.0. The van der Waals surface area contributed by atoms with Gasteiger partial charge in [-0.1, -0.05) is 30.3 Å². The van der Waals surface area contributed by atoms with Crippen LogP contribution in [0.4, 0.5) is 5.82 Å². The van der Waals surface area contributed by atoms with Gasteiger partial charge in [0.25, 0.3) is 0 Å². The first-order valence-corrected chi connectivity index (χ1v) is 12.3. The van der Waals surface area contributed by atoms with Gasteiger partial charge in [0.2, 0.25) is 10.0 Å². The molecule has 0 saturated carbocycles. The second-order valence-electron chi connectivity index (χ2n) is 7.44. The molecule has 10 heteroatoms. The molecule has 1 saturated heterocycles. The van der Waals surface area contributed by atoms with Gasteiger partial charge < -0.3 is 15.5 Å². The summed E-state index contributed by atoms with van der Waals surface area (Å²) in [7, 11) is -3.33. The molecule has 0 amide bonds. The number of anilines is 1. The van der Waals surface area contributed by atoms with Crippen LogP contribution >= 0.6 is 24.0 Å². The molecule has 176 valence electrons. The number of pyridine rings is 1. The maximum atomic E-state index is 12.8. The van der Waals surface area contributed by atoms with Crippen LogP contribution in [0.3, 0.4) is 0 Å². The molecule has 0 spiro atoms. The molecular formula is C22H33IN6O2S. The zero-order chi connectivity index (χ0) is 22.1. The molecule has 1 fully saturated rings. The van der Waals surface area contributed by atoms with Gasteiger partial charge in [0.05, 0.1) is 12.3 Å². The van der Waals surface area contributed by atoms with Crippen molar-refractivity contribution < 1.29 is 8.42 Å². The Labute approximate surface area is 208 Å². The van der Waals surface area contributed by atoms with Crippen LogP contribution in [0.15, 0.2) is 53.7 Å². The number of aryl methyl sites for hydroxylation is 1. The van der Waals surface area contributed by atoms with E-state index in [-0.39, 0.29) is 29.7 Å². The van der Waals surface area contributed by atoms with Gasteiger partial charge in [-0.3, -0.25) is 0 Å². The first kappa shape index (κ1) is 26.3. The van der Waals surface area contributed by atoms with Gasteiger partial charge in [0.15, 0.2) is 5.96 Å². The predicted molar refractivity (Wildman–Crippen MR) is 141 cm³/mol. The van der Waals surface area contributed by atoms with E-state index in [9.17, 15) is 8.42 Å². The minimum atomic E-state index is -3.33. The van der Waals surface area contributed by atoms with E-state index in [4.69, 9.17) is 0 Å². The number of aromatic nitrogens is 1. The Kier molecular flexibility index (Phi) is 10.7. The summed E-state index contributed by atoms with van der Waals surface area (Å²) in [5, 5.41) is 6.33. The number of nitrogens with one attached hydrogen (secondary N) is 2. The van der Waals surface area contributed by atoms with Gasteiger partial charge in [-0.2, -0.15) is 4.31 Å². The molecule has 0 aliphatic carbocycles. The Morgan fingerprint density at radius 2 is 1.78 bits per heavy atom. The van der Waals surface area contributed by atoms with Gasteiger partial charge in [0.1, 0.15) is 5.82 Å². The molecule has 2 heterocycles. The highest BCUT2D eigenvalue weighted by Gasteiger charge is 2.27. The largest absolute Gasteiger partial charge is 0.357 e. The topological polar surface area (TPSA) is 89.9 Å². The molecule has 8 nitrogen and oxygen atoms in total. The molecule has 0 bridgehead atoms. The number of sulfonamides is 1. The average molecular weight is 573 g/mol. The zero-order valence-corrected chi connectivity index (χ0v) is 21.8. The first-order valence-electron chi connectivity index (χ1n) is 10.7. The number of hydrogen-bond acceptors (Lipinski definition) is 5. The normalized spacial score (nSPS) is 15.2. The van der Waals surface area contributed by atoms with Crippen LogP contribution < -0.4 is 15.5 Å². The highest BCUT2D eigenvalue weighted by molar-refractivity contribution is 14.0. The molecule has 2 aromatic rings. The van der Waals surface area contributed by atoms with Crippen LogP contribution in [0.2, 0.25) is 0 Å². The lowest BCUT2D eigenvalue weighted by atomic mass is 10.1. The third kappa shape index (κ3) is 7.59. The molecular weight excluding hydrogens is 539 g/mol. The van der Waals surface area contributed by atoms with Crippen LogP contribution in [-0.4, -0.2) is 68.7 Å². The molecule has 1 aliphatic rings. The summed E-state index contributed by atoms with van der Waals surface area (Å²) in [4.78, 5) is 11.1. The Balaban J connectivity index is 0.00000363. The molecule has 0 radical (unpaired) electrons. The molecule has 2 N–H and O–H groups in total. The summed E-state index contributed by atoms with van der Waals surface area (Å²) >= 11 is 0. The van der Waals surface area contributed by atoms with E-state index in [0.29, 0.717) is 51.8 Å². The lowest BCUT2D eigenvalue weighted by Crippen LogP contribution is -2.50. The quantitative estimate of drug-likeness (QED) is 0.287. The predicted octanol–water partition coefficient (Wildman–Crippen LogP) is 2.22. The van der Waals surface area contributed by atoms with Crippen LogP contribution in [0.25, 0.3) is 0 Å². The summed E-state index contributed by atoms with van der Waals surface area (Å²) in [6.45, 7) is 7.84. The van der Waals surface area contributed by atoms with E-state index in [2.05, 4.69) is 44.6 Å². The number of aliphatic imine (C=N–C) groups is 1. The fourth-order valence-corrected chi connectivity index (χ4v) is 4.80. The minimum absolute atomic E-state index is 0. The standard InChI is InChI=1S/C22H32N6O2S.HI/c1-3-23-22(26-18-20-9-5-4-8-19(20)2)25-12-17-31(29,30)28-15-13-27(14-16-28)21-10-6-7-11-24-21;/h4-11H,3,12-18H2,1-2H3,(H2,23,25,26);1H. The van der Waals surface area contributed by atoms with Crippen LogP contribution in [0.5, 0.6) is 0 Å². The minimum Gasteiger partial charge on any atom is -0.357 e. The summed E-state index contributed by atoms with van der Waals surface area (Å²) < 4.78 is 27.1. The highest BCUT2D eigenvalue weighted by atomic mass is 127. The van der Waals surface area contributed by atoms with Crippen molar-refractivity contribution in [1.29, 1.82) is 0 Å². The number of guanidine groups is 1. The Bertz CT molecular complexity index is 963. The molecule has 1 aromatic heterocycles. The molecule has 1 aliphatic heterocycles. The van der Waals surface area contributed by atoms with Crippen LogP contribution in [0.1, 0.15) is 18.1 Å². The smallest absolute Gasteiger partial charge is 0.215 e. The summed E-state index contributed by atoms with van der Waals surface area (Å²) in [5.74, 6) is 1.55. The highest BCUT2D eigenvalue weighted by Crippen LogP contribution is 2.14. The number of rotatable bonds is 8. The van der Waals surface area contributed by atoms with E-state index in [1.165, 1.54) is 5.56 Å². The zero-order valence-electron chi connectivity index (χ0n) is 18.7. The van der Waals surface area contributed by atoms with Crippen molar-refractivity contribution in [3.63, 3.8) is 0 Å². The molecule has 1 aromatic carbocycles. The van der Waals surface area contributed by atoms with E-state index in [1.54, 1.807) is 10.5 Å². The summed E-state index contributed by atoms with van der Waals surface area (Å²) in [6.07, 6.45) is 1.76. The molecule has 32 heavy (non-hydrogen) atoms. The third-order valence-corrected chi connectivity index (χ3v) is 7.14. The fraction of sp³-hybridized carbons (Fsp3) is 0.455. The van der Waals surface area contributed by atoms with Gasteiger partial charge in [-0.05, 0) is 37.1 Å². The SMILES string of the molecule is CCNC(=NCc1ccccc1C)NCCS(=O)(=O)N1CCN(c2ccccn2)CC1.I. The van der Waals surface area contributed by atoms with E-state index in [0.717, 1.165) is 11.4 Å². The van der Waals surface area contributed by atoms with Crippen LogP contribution in [-0.2, 0) is 16.6 Å². The monoisotopic (exact) mass is 572 g/mol. The van der Waals surface area contributed by atoms with Crippen molar-refractivity contribution >= 4 is 45.8 Å². The van der Waals surface area contributed by atoms with E-state index < -0.39 is 10.0 Å². The Hall–Kier alpha value is -1.92.